The Morgan fingerprint density at radius 1 is 0.360 bits per heavy atom. The summed E-state index contributed by atoms with van der Waals surface area (Å²) in [7, 11) is 0. The summed E-state index contributed by atoms with van der Waals surface area (Å²) < 4.78 is 4.48. The Hall–Kier alpha value is -6.85. The van der Waals surface area contributed by atoms with Crippen LogP contribution in [-0.2, 0) is 0 Å². The van der Waals surface area contributed by atoms with E-state index in [1.54, 1.807) is 0 Å². The zero-order valence-corrected chi connectivity index (χ0v) is 27.0. The summed E-state index contributed by atoms with van der Waals surface area (Å²) in [4.78, 5) is 15.3. The van der Waals surface area contributed by atoms with Gasteiger partial charge in [-0.1, -0.05) is 121 Å². The molecular formula is C45H29N5. The number of rotatable bonds is 5. The number of hydrogen-bond acceptors (Lipinski definition) is 3. The second-order valence-corrected chi connectivity index (χ2v) is 12.5. The van der Waals surface area contributed by atoms with Gasteiger partial charge in [-0.25, -0.2) is 15.0 Å². The molecule has 4 aromatic heterocycles. The monoisotopic (exact) mass is 639 g/mol. The van der Waals surface area contributed by atoms with E-state index in [0.717, 1.165) is 61.3 Å². The van der Waals surface area contributed by atoms with Crippen LogP contribution in [0.1, 0.15) is 0 Å². The number of benzene rings is 6. The Labute approximate surface area is 288 Å². The first kappa shape index (κ1) is 28.2. The van der Waals surface area contributed by atoms with Crippen molar-refractivity contribution in [2.75, 3.05) is 0 Å². The smallest absolute Gasteiger partial charge is 0.237 e. The van der Waals surface area contributed by atoms with Crippen molar-refractivity contribution in [3.63, 3.8) is 0 Å². The molecule has 0 spiro atoms. The summed E-state index contributed by atoms with van der Waals surface area (Å²) in [6.45, 7) is 0. The summed E-state index contributed by atoms with van der Waals surface area (Å²) in [6, 6.07) is 59.5. The molecule has 5 heteroatoms. The van der Waals surface area contributed by atoms with Gasteiger partial charge in [-0.3, -0.25) is 4.57 Å². The third-order valence-electron chi connectivity index (χ3n) is 9.60. The van der Waals surface area contributed by atoms with Gasteiger partial charge in [-0.15, -0.1) is 0 Å². The van der Waals surface area contributed by atoms with Crippen LogP contribution in [-0.4, -0.2) is 24.1 Å². The first-order chi connectivity index (χ1) is 24.8. The van der Waals surface area contributed by atoms with Gasteiger partial charge in [0.1, 0.15) is 5.65 Å². The average Bonchev–Trinajstić information content (AvgIpc) is 3.71. The molecule has 234 valence electrons. The van der Waals surface area contributed by atoms with Crippen molar-refractivity contribution in [2.45, 2.75) is 0 Å². The first-order valence-electron chi connectivity index (χ1n) is 16.8. The van der Waals surface area contributed by atoms with Crippen molar-refractivity contribution in [1.82, 2.24) is 24.1 Å². The zero-order chi connectivity index (χ0) is 33.0. The van der Waals surface area contributed by atoms with Crippen LogP contribution < -0.4 is 0 Å². The largest absolute Gasteiger partial charge is 0.309 e. The summed E-state index contributed by atoms with van der Waals surface area (Å²) in [5, 5.41) is 4.63. The van der Waals surface area contributed by atoms with E-state index in [1.165, 1.54) is 21.8 Å². The molecule has 0 fully saturated rings. The lowest BCUT2D eigenvalue weighted by Crippen LogP contribution is -2.04. The Morgan fingerprint density at radius 3 is 1.54 bits per heavy atom. The van der Waals surface area contributed by atoms with Gasteiger partial charge in [0.25, 0.3) is 0 Å². The Balaban J connectivity index is 1.22. The van der Waals surface area contributed by atoms with Crippen LogP contribution >= 0.6 is 0 Å². The maximum Gasteiger partial charge on any atom is 0.237 e. The lowest BCUT2D eigenvalue weighted by atomic mass is 10.0. The predicted octanol–water partition coefficient (Wildman–Crippen LogP) is 11.1. The molecule has 0 N–H and O–H groups in total. The van der Waals surface area contributed by atoms with E-state index in [-0.39, 0.29) is 0 Å². The molecule has 0 saturated carbocycles. The van der Waals surface area contributed by atoms with E-state index in [2.05, 4.69) is 137 Å². The van der Waals surface area contributed by atoms with Crippen LogP contribution in [0.5, 0.6) is 0 Å². The van der Waals surface area contributed by atoms with Crippen molar-refractivity contribution >= 4 is 43.7 Å². The van der Waals surface area contributed by atoms with Gasteiger partial charge >= 0.3 is 0 Å². The van der Waals surface area contributed by atoms with Gasteiger partial charge in [0.05, 0.1) is 27.9 Å². The highest BCUT2D eigenvalue weighted by Gasteiger charge is 2.19. The molecule has 0 radical (unpaired) electrons. The maximum atomic E-state index is 5.19. The molecule has 0 unspecified atom stereocenters. The van der Waals surface area contributed by atoms with E-state index in [9.17, 15) is 0 Å². The SMILES string of the molecule is c1ccc(-c2cc(-c3ccccc3)nc(-n3c4cc(-c5ccc6c7ccccc7n(-c7ccccc7)c6c5)ccc4c4cccnc43)n2)cc1. The van der Waals surface area contributed by atoms with Crippen molar-refractivity contribution < 1.29 is 0 Å². The maximum absolute atomic E-state index is 5.19. The second-order valence-electron chi connectivity index (χ2n) is 12.5. The Bertz CT molecular complexity index is 2800. The van der Waals surface area contributed by atoms with E-state index < -0.39 is 0 Å². The lowest BCUT2D eigenvalue weighted by Gasteiger charge is -2.12. The van der Waals surface area contributed by atoms with Crippen LogP contribution in [0.4, 0.5) is 0 Å². The molecule has 0 aliphatic rings. The van der Waals surface area contributed by atoms with Gasteiger partial charge in [0, 0.05) is 44.6 Å². The molecule has 0 aliphatic heterocycles. The fourth-order valence-electron chi connectivity index (χ4n) is 7.28. The lowest BCUT2D eigenvalue weighted by molar-refractivity contribution is 0.982. The van der Waals surface area contributed by atoms with Gasteiger partial charge in [0.2, 0.25) is 5.95 Å². The molecule has 0 atom stereocenters. The van der Waals surface area contributed by atoms with Gasteiger partial charge in [0.15, 0.2) is 0 Å². The third-order valence-corrected chi connectivity index (χ3v) is 9.60. The Kier molecular flexibility index (Phi) is 6.42. The molecule has 10 aromatic rings. The van der Waals surface area contributed by atoms with Crippen LogP contribution in [0.15, 0.2) is 176 Å². The second kappa shape index (κ2) is 11.4. The summed E-state index contributed by atoms with van der Waals surface area (Å²) in [5.74, 6) is 0.584. The molecule has 0 bridgehead atoms. The number of hydrogen-bond donors (Lipinski definition) is 0. The van der Waals surface area contributed by atoms with Gasteiger partial charge in [-0.05, 0) is 59.7 Å². The molecular weight excluding hydrogens is 611 g/mol. The summed E-state index contributed by atoms with van der Waals surface area (Å²) in [5.41, 5.74) is 11.3. The molecule has 6 aromatic carbocycles. The third kappa shape index (κ3) is 4.52. The van der Waals surface area contributed by atoms with Crippen molar-refractivity contribution in [3.8, 4) is 45.3 Å². The quantitative estimate of drug-likeness (QED) is 0.188. The van der Waals surface area contributed by atoms with Crippen LogP contribution in [0.3, 0.4) is 0 Å². The summed E-state index contributed by atoms with van der Waals surface area (Å²) >= 11 is 0. The number of para-hydroxylation sites is 2. The molecule has 10 rings (SSSR count). The number of nitrogens with zero attached hydrogens (tertiary/aromatic N) is 5. The zero-order valence-electron chi connectivity index (χ0n) is 27.0. The van der Waals surface area contributed by atoms with E-state index in [0.29, 0.717) is 5.95 Å². The minimum absolute atomic E-state index is 0.584. The summed E-state index contributed by atoms with van der Waals surface area (Å²) in [6.07, 6.45) is 1.84. The minimum Gasteiger partial charge on any atom is -0.309 e. The highest BCUT2D eigenvalue weighted by Crippen LogP contribution is 2.38. The predicted molar refractivity (Wildman–Crippen MR) is 205 cm³/mol. The fourth-order valence-corrected chi connectivity index (χ4v) is 7.28. The fraction of sp³-hybridized carbons (Fsp3) is 0. The minimum atomic E-state index is 0.584. The van der Waals surface area contributed by atoms with Crippen LogP contribution in [0, 0.1) is 0 Å². The number of aromatic nitrogens is 5. The van der Waals surface area contributed by atoms with Crippen molar-refractivity contribution in [2.24, 2.45) is 0 Å². The molecule has 0 saturated heterocycles. The van der Waals surface area contributed by atoms with Crippen LogP contribution in [0.25, 0.3) is 89.0 Å². The van der Waals surface area contributed by atoms with E-state index in [1.807, 2.05) is 48.7 Å². The van der Waals surface area contributed by atoms with Crippen molar-refractivity contribution in [1.29, 1.82) is 0 Å². The molecule has 4 heterocycles. The number of fused-ring (bicyclic) bond motifs is 6. The topological polar surface area (TPSA) is 48.5 Å². The van der Waals surface area contributed by atoms with E-state index >= 15 is 0 Å². The first-order valence-corrected chi connectivity index (χ1v) is 16.8. The van der Waals surface area contributed by atoms with Crippen LogP contribution in [0.2, 0.25) is 0 Å². The standard InChI is InChI=1S/C45H29N5/c1-4-13-30(14-5-1)39-29-40(31-15-6-2-7-16-31)48-45(47-39)50-43-28-33(23-25-37(43)38-20-12-26-46-44(38)50)32-22-24-36-35-19-10-11-21-41(35)49(42(36)27-32)34-17-8-3-9-18-34/h1-29H. The normalized spacial score (nSPS) is 11.6. The highest BCUT2D eigenvalue weighted by atomic mass is 15.2. The average molecular weight is 640 g/mol. The van der Waals surface area contributed by atoms with E-state index in [4.69, 9.17) is 15.0 Å². The molecule has 0 aliphatic carbocycles. The molecule has 0 amide bonds. The molecule has 50 heavy (non-hydrogen) atoms. The highest BCUT2D eigenvalue weighted by molar-refractivity contribution is 6.11. The van der Waals surface area contributed by atoms with Gasteiger partial charge in [-0.2, -0.15) is 0 Å². The molecule has 5 nitrogen and oxygen atoms in total. The Morgan fingerprint density at radius 2 is 0.880 bits per heavy atom. The van der Waals surface area contributed by atoms with Gasteiger partial charge < -0.3 is 4.57 Å². The van der Waals surface area contributed by atoms with Crippen molar-refractivity contribution in [3.05, 3.63) is 176 Å². The number of pyridine rings is 1.